The van der Waals surface area contributed by atoms with Crippen LogP contribution in [0.4, 0.5) is 0 Å². The first-order valence-electron chi connectivity index (χ1n) is 4.13. The fourth-order valence-corrected chi connectivity index (χ4v) is 1.07. The molecule has 0 aliphatic heterocycles. The van der Waals surface area contributed by atoms with Gasteiger partial charge >= 0.3 is 5.69 Å². The maximum atomic E-state index is 11.2. The lowest BCUT2D eigenvalue weighted by Gasteiger charge is -2.01. The summed E-state index contributed by atoms with van der Waals surface area (Å²) in [7, 11) is 0. The summed E-state index contributed by atoms with van der Waals surface area (Å²) >= 11 is 0. The third-order valence-electron chi connectivity index (χ3n) is 1.71. The zero-order chi connectivity index (χ0) is 9.80. The Hall–Kier alpha value is -2.04. The zero-order valence-electron chi connectivity index (χ0n) is 7.37. The van der Waals surface area contributed by atoms with Crippen LogP contribution in [0.25, 0.3) is 0 Å². The molecule has 0 aromatic carbocycles. The third kappa shape index (κ3) is 1.82. The van der Waals surface area contributed by atoms with Crippen LogP contribution in [-0.2, 0) is 6.54 Å². The molecule has 70 valence electrons. The van der Waals surface area contributed by atoms with Crippen LogP contribution < -0.4 is 5.69 Å². The second kappa shape index (κ2) is 3.78. The van der Waals surface area contributed by atoms with Crippen molar-refractivity contribution in [2.24, 2.45) is 0 Å². The Morgan fingerprint density at radius 2 is 1.79 bits per heavy atom. The lowest BCUT2D eigenvalue weighted by atomic mass is 10.5. The highest BCUT2D eigenvalue weighted by atomic mass is 16.1. The molecular weight excluding hydrogens is 180 g/mol. The molecule has 0 amide bonds. The van der Waals surface area contributed by atoms with E-state index in [9.17, 15) is 4.79 Å². The molecule has 0 aliphatic rings. The molecule has 0 aliphatic carbocycles. The highest BCUT2D eigenvalue weighted by molar-refractivity contribution is 4.91. The summed E-state index contributed by atoms with van der Waals surface area (Å²) in [6.45, 7) is 0.355. The van der Waals surface area contributed by atoms with Crippen LogP contribution in [-0.4, -0.2) is 19.5 Å². The average Bonchev–Trinajstić information content (AvgIpc) is 2.23. The van der Waals surface area contributed by atoms with E-state index in [0.717, 1.165) is 0 Å². The van der Waals surface area contributed by atoms with E-state index >= 15 is 0 Å². The van der Waals surface area contributed by atoms with E-state index in [4.69, 9.17) is 0 Å². The van der Waals surface area contributed by atoms with Gasteiger partial charge in [-0.3, -0.25) is 4.57 Å². The monoisotopic (exact) mass is 188 g/mol. The smallest absolute Gasteiger partial charge is 0.292 e. The lowest BCUT2D eigenvalue weighted by Crippen LogP contribution is -2.22. The second-order valence-corrected chi connectivity index (χ2v) is 2.70. The van der Waals surface area contributed by atoms with Crippen LogP contribution in [0.3, 0.4) is 0 Å². The van der Waals surface area contributed by atoms with Gasteiger partial charge in [0.1, 0.15) is 5.82 Å². The average molecular weight is 188 g/mol. The quantitative estimate of drug-likeness (QED) is 0.669. The highest BCUT2D eigenvalue weighted by Crippen LogP contribution is 1.90. The molecule has 0 saturated carbocycles. The van der Waals surface area contributed by atoms with Crippen LogP contribution in [0, 0.1) is 0 Å². The van der Waals surface area contributed by atoms with E-state index in [-0.39, 0.29) is 5.69 Å². The Kier molecular flexibility index (Phi) is 2.31. The molecule has 5 heteroatoms. The number of rotatable bonds is 2. The van der Waals surface area contributed by atoms with Crippen molar-refractivity contribution in [2.45, 2.75) is 6.54 Å². The van der Waals surface area contributed by atoms with E-state index in [1.54, 1.807) is 30.7 Å². The van der Waals surface area contributed by atoms with Gasteiger partial charge in [-0.2, -0.15) is 0 Å². The Morgan fingerprint density at radius 3 is 2.50 bits per heavy atom. The predicted molar refractivity (Wildman–Crippen MR) is 49.6 cm³/mol. The normalized spacial score (nSPS) is 10.0. The van der Waals surface area contributed by atoms with Gasteiger partial charge < -0.3 is 0 Å². The molecule has 0 saturated heterocycles. The molecule has 0 unspecified atom stereocenters. The number of aromatic nitrogens is 4. The van der Waals surface area contributed by atoms with Crippen molar-refractivity contribution in [1.82, 2.24) is 19.5 Å². The minimum absolute atomic E-state index is 0.292. The third-order valence-corrected chi connectivity index (χ3v) is 1.71. The van der Waals surface area contributed by atoms with Crippen molar-refractivity contribution in [3.8, 4) is 0 Å². The lowest BCUT2D eigenvalue weighted by molar-refractivity contribution is 0.690. The molecule has 0 spiro atoms. The molecule has 2 aromatic rings. The topological polar surface area (TPSA) is 60.7 Å². The first kappa shape index (κ1) is 8.55. The van der Waals surface area contributed by atoms with E-state index in [2.05, 4.69) is 15.0 Å². The molecule has 0 fully saturated rings. The van der Waals surface area contributed by atoms with E-state index < -0.39 is 0 Å². The summed E-state index contributed by atoms with van der Waals surface area (Å²) in [6, 6.07) is 3.43. The van der Waals surface area contributed by atoms with Crippen molar-refractivity contribution in [3.05, 3.63) is 53.2 Å². The Balaban J connectivity index is 2.28. The van der Waals surface area contributed by atoms with Gasteiger partial charge in [0.15, 0.2) is 0 Å². The summed E-state index contributed by atoms with van der Waals surface area (Å²) in [5.41, 5.74) is -0.292. The van der Waals surface area contributed by atoms with Crippen LogP contribution >= 0.6 is 0 Å². The predicted octanol–water partition coefficient (Wildman–Crippen LogP) is 0.0816. The molecule has 5 nitrogen and oxygen atoms in total. The standard InChI is InChI=1S/C9H8N4O/c14-9-12-5-2-6-13(9)7-8-10-3-1-4-11-8/h1-6H,7H2. The summed E-state index contributed by atoms with van der Waals surface area (Å²) < 4.78 is 1.45. The highest BCUT2D eigenvalue weighted by Gasteiger charge is 1.98. The maximum Gasteiger partial charge on any atom is 0.347 e. The van der Waals surface area contributed by atoms with Gasteiger partial charge in [-0.25, -0.2) is 19.7 Å². The molecule has 0 bridgehead atoms. The van der Waals surface area contributed by atoms with Gasteiger partial charge in [-0.15, -0.1) is 0 Å². The van der Waals surface area contributed by atoms with E-state index in [1.165, 1.54) is 10.8 Å². The largest absolute Gasteiger partial charge is 0.347 e. The van der Waals surface area contributed by atoms with E-state index in [0.29, 0.717) is 12.4 Å². The fraction of sp³-hybridized carbons (Fsp3) is 0.111. The SMILES string of the molecule is O=c1ncccn1Cc1ncccn1. The first-order chi connectivity index (χ1) is 6.86. The molecule has 2 heterocycles. The van der Waals surface area contributed by atoms with Crippen LogP contribution in [0.15, 0.2) is 41.7 Å². The molecular formula is C9H8N4O. The van der Waals surface area contributed by atoms with Crippen molar-refractivity contribution < 1.29 is 0 Å². The van der Waals surface area contributed by atoms with Crippen LogP contribution in [0.5, 0.6) is 0 Å². The minimum Gasteiger partial charge on any atom is -0.292 e. The molecule has 2 rings (SSSR count). The van der Waals surface area contributed by atoms with Crippen LogP contribution in [0.2, 0.25) is 0 Å². The maximum absolute atomic E-state index is 11.2. The van der Waals surface area contributed by atoms with Crippen LogP contribution in [0.1, 0.15) is 5.82 Å². The molecule has 0 radical (unpaired) electrons. The van der Waals surface area contributed by atoms with Gasteiger partial charge in [-0.1, -0.05) is 0 Å². The second-order valence-electron chi connectivity index (χ2n) is 2.70. The van der Waals surface area contributed by atoms with Gasteiger partial charge in [0, 0.05) is 24.8 Å². The molecule has 0 atom stereocenters. The van der Waals surface area contributed by atoms with Crippen molar-refractivity contribution >= 4 is 0 Å². The summed E-state index contributed by atoms with van der Waals surface area (Å²) in [5, 5.41) is 0. The number of hydrogen-bond donors (Lipinski definition) is 0. The Morgan fingerprint density at radius 1 is 1.07 bits per heavy atom. The van der Waals surface area contributed by atoms with Crippen molar-refractivity contribution in [3.63, 3.8) is 0 Å². The van der Waals surface area contributed by atoms with Gasteiger partial charge in [-0.05, 0) is 12.1 Å². The summed E-state index contributed by atoms with van der Waals surface area (Å²) in [5.74, 6) is 0.600. The summed E-state index contributed by atoms with van der Waals surface area (Å²) in [4.78, 5) is 22.9. The van der Waals surface area contributed by atoms with Gasteiger partial charge in [0.05, 0.1) is 6.54 Å². The van der Waals surface area contributed by atoms with Gasteiger partial charge in [0.2, 0.25) is 0 Å². The minimum atomic E-state index is -0.292. The first-order valence-corrected chi connectivity index (χ1v) is 4.13. The number of nitrogens with zero attached hydrogens (tertiary/aromatic N) is 4. The number of hydrogen-bond acceptors (Lipinski definition) is 4. The van der Waals surface area contributed by atoms with Crippen molar-refractivity contribution in [1.29, 1.82) is 0 Å². The molecule has 0 N–H and O–H groups in total. The van der Waals surface area contributed by atoms with E-state index in [1.807, 2.05) is 0 Å². The molecule has 14 heavy (non-hydrogen) atoms. The Bertz CT molecular complexity index is 465. The summed E-state index contributed by atoms with van der Waals surface area (Å²) in [6.07, 6.45) is 6.41. The molecule has 2 aromatic heterocycles. The fourth-order valence-electron chi connectivity index (χ4n) is 1.07. The zero-order valence-corrected chi connectivity index (χ0v) is 7.37. The van der Waals surface area contributed by atoms with Crippen molar-refractivity contribution in [2.75, 3.05) is 0 Å². The Labute approximate surface area is 80.1 Å². The van der Waals surface area contributed by atoms with Gasteiger partial charge in [0.25, 0.3) is 0 Å².